The number of hydrogen-bond acceptors (Lipinski definition) is 7. The van der Waals surface area contributed by atoms with Crippen LogP contribution < -0.4 is 15.1 Å². The zero-order chi connectivity index (χ0) is 18.4. The van der Waals surface area contributed by atoms with Gasteiger partial charge < -0.3 is 24.2 Å². The Labute approximate surface area is 154 Å². The van der Waals surface area contributed by atoms with Gasteiger partial charge in [-0.2, -0.15) is 0 Å². The molecule has 3 fully saturated rings. The number of carbonyl (C=O) groups excluding carboxylic acids is 1. The Kier molecular flexibility index (Phi) is 3.71. The molecule has 1 atom stereocenters. The maximum Gasteiger partial charge on any atom is 0.414 e. The van der Waals surface area contributed by atoms with Crippen LogP contribution in [-0.2, 0) is 9.47 Å². The van der Waals surface area contributed by atoms with Crippen LogP contribution in [0.15, 0.2) is 35.1 Å². The number of cyclic esters (lactones) is 1. The van der Waals surface area contributed by atoms with Gasteiger partial charge in [0.15, 0.2) is 5.82 Å². The molecule has 1 spiro atoms. The largest absolute Gasteiger partial charge is 0.442 e. The Morgan fingerprint density at radius 3 is 2.81 bits per heavy atom. The summed E-state index contributed by atoms with van der Waals surface area (Å²) in [6.45, 7) is 3.87. The summed E-state index contributed by atoms with van der Waals surface area (Å²) in [5, 5.41) is 6.77. The smallest absolute Gasteiger partial charge is 0.414 e. The lowest BCUT2D eigenvalue weighted by Crippen LogP contribution is -2.66. The van der Waals surface area contributed by atoms with Crippen molar-refractivity contribution >= 4 is 23.3 Å². The normalized spacial score (nSPS) is 23.1. The number of carbonyl (C=O) groups is 1. The molecule has 0 saturated carbocycles. The first kappa shape index (κ1) is 16.4. The third-order valence-electron chi connectivity index (χ3n) is 5.28. The van der Waals surface area contributed by atoms with Crippen LogP contribution in [0, 0.1) is 11.2 Å². The van der Waals surface area contributed by atoms with Crippen LogP contribution in [0.4, 0.5) is 26.4 Å². The van der Waals surface area contributed by atoms with E-state index in [9.17, 15) is 9.18 Å². The molecular formula is C18H19FN4O4. The van der Waals surface area contributed by atoms with Crippen LogP contribution in [0.25, 0.3) is 0 Å². The van der Waals surface area contributed by atoms with Crippen LogP contribution in [0.2, 0.25) is 0 Å². The topological polar surface area (TPSA) is 80.1 Å². The first-order valence-electron chi connectivity index (χ1n) is 8.87. The zero-order valence-corrected chi connectivity index (χ0v) is 14.6. The number of halogens is 1. The summed E-state index contributed by atoms with van der Waals surface area (Å²) >= 11 is 0. The summed E-state index contributed by atoms with van der Waals surface area (Å²) in [7, 11) is 0. The van der Waals surface area contributed by atoms with Crippen molar-refractivity contribution in [1.29, 1.82) is 0 Å². The fourth-order valence-electron chi connectivity index (χ4n) is 3.79. The molecule has 1 N–H and O–H groups in total. The third kappa shape index (κ3) is 2.87. The Balaban J connectivity index is 1.23. The average molecular weight is 374 g/mol. The molecule has 1 amide bonds. The Bertz CT molecular complexity index is 847. The SMILES string of the molecule is O=C1O[C@@H](CNc2ccon2)CN1c1ccc(N2CC3(COC3)C2)c(F)c1. The molecule has 3 aliphatic rings. The van der Waals surface area contributed by atoms with Gasteiger partial charge in [0.25, 0.3) is 0 Å². The van der Waals surface area contributed by atoms with Crippen molar-refractivity contribution in [2.24, 2.45) is 5.41 Å². The van der Waals surface area contributed by atoms with Crippen molar-refractivity contribution in [3.8, 4) is 0 Å². The monoisotopic (exact) mass is 374 g/mol. The number of amides is 1. The van der Waals surface area contributed by atoms with E-state index in [1.165, 1.54) is 17.2 Å². The highest BCUT2D eigenvalue weighted by atomic mass is 19.1. The van der Waals surface area contributed by atoms with Gasteiger partial charge in [-0.15, -0.1) is 0 Å². The van der Waals surface area contributed by atoms with E-state index >= 15 is 0 Å². The summed E-state index contributed by atoms with van der Waals surface area (Å²) in [6.07, 6.45) is 0.617. The van der Waals surface area contributed by atoms with Crippen LogP contribution in [-0.4, -0.2) is 56.7 Å². The van der Waals surface area contributed by atoms with Crippen LogP contribution in [0.1, 0.15) is 0 Å². The fourth-order valence-corrected chi connectivity index (χ4v) is 3.79. The second kappa shape index (κ2) is 6.12. The molecule has 0 bridgehead atoms. The first-order chi connectivity index (χ1) is 13.1. The van der Waals surface area contributed by atoms with E-state index in [4.69, 9.17) is 14.0 Å². The van der Waals surface area contributed by atoms with Crippen LogP contribution >= 0.6 is 0 Å². The lowest BCUT2D eigenvalue weighted by Gasteiger charge is -2.56. The van der Waals surface area contributed by atoms with E-state index in [1.807, 2.05) is 4.90 Å². The summed E-state index contributed by atoms with van der Waals surface area (Å²) < 4.78 is 30.0. The van der Waals surface area contributed by atoms with Crippen molar-refractivity contribution in [3.05, 3.63) is 36.3 Å². The molecule has 0 aliphatic carbocycles. The number of nitrogens with one attached hydrogen (secondary N) is 1. The quantitative estimate of drug-likeness (QED) is 0.858. The van der Waals surface area contributed by atoms with Gasteiger partial charge in [0, 0.05) is 19.2 Å². The van der Waals surface area contributed by atoms with Crippen molar-refractivity contribution in [2.45, 2.75) is 6.10 Å². The van der Waals surface area contributed by atoms with E-state index in [1.54, 1.807) is 18.2 Å². The van der Waals surface area contributed by atoms with E-state index in [0.717, 1.165) is 26.3 Å². The second-order valence-corrected chi connectivity index (χ2v) is 7.37. The van der Waals surface area contributed by atoms with E-state index in [0.29, 0.717) is 30.3 Å². The third-order valence-corrected chi connectivity index (χ3v) is 5.28. The molecule has 0 unspecified atom stereocenters. The molecule has 1 aromatic heterocycles. The Morgan fingerprint density at radius 1 is 1.30 bits per heavy atom. The van der Waals surface area contributed by atoms with Crippen molar-refractivity contribution in [2.75, 3.05) is 54.5 Å². The van der Waals surface area contributed by atoms with Gasteiger partial charge in [-0.1, -0.05) is 5.16 Å². The molecule has 3 saturated heterocycles. The van der Waals surface area contributed by atoms with Crippen molar-refractivity contribution in [3.63, 3.8) is 0 Å². The minimum Gasteiger partial charge on any atom is -0.442 e. The average Bonchev–Trinajstić information content (AvgIpc) is 3.21. The van der Waals surface area contributed by atoms with Crippen molar-refractivity contribution in [1.82, 2.24) is 5.16 Å². The van der Waals surface area contributed by atoms with Gasteiger partial charge in [-0.3, -0.25) is 4.90 Å². The summed E-state index contributed by atoms with van der Waals surface area (Å²) in [5.74, 6) is 0.239. The van der Waals surface area contributed by atoms with Gasteiger partial charge in [0.05, 0.1) is 43.1 Å². The number of nitrogens with zero attached hydrogens (tertiary/aromatic N) is 3. The highest BCUT2D eigenvalue weighted by Gasteiger charge is 2.49. The molecule has 1 aromatic carbocycles. The standard InChI is InChI=1S/C18H19FN4O4/c19-14-5-12(1-2-15(14)22-8-18(9-22)10-25-11-18)23-7-13(27-17(23)24)6-20-16-3-4-26-21-16/h1-5,13H,6-11H2,(H,20,21)/t13-/m0/s1. The molecule has 27 heavy (non-hydrogen) atoms. The van der Waals surface area contributed by atoms with Crippen LogP contribution in [0.3, 0.4) is 0 Å². The highest BCUT2D eigenvalue weighted by molar-refractivity contribution is 5.90. The molecule has 4 heterocycles. The van der Waals surface area contributed by atoms with E-state index in [-0.39, 0.29) is 17.3 Å². The number of hydrogen-bond donors (Lipinski definition) is 1. The summed E-state index contributed by atoms with van der Waals surface area (Å²) in [4.78, 5) is 15.6. The molecule has 9 heteroatoms. The number of ether oxygens (including phenoxy) is 2. The second-order valence-electron chi connectivity index (χ2n) is 7.37. The number of rotatable bonds is 5. The molecule has 142 valence electrons. The van der Waals surface area contributed by atoms with Gasteiger partial charge in [0.1, 0.15) is 18.2 Å². The minimum absolute atomic E-state index is 0.216. The van der Waals surface area contributed by atoms with Gasteiger partial charge in [0.2, 0.25) is 0 Å². The molecule has 3 aliphatic heterocycles. The van der Waals surface area contributed by atoms with Crippen LogP contribution in [0.5, 0.6) is 0 Å². The minimum atomic E-state index is -0.483. The van der Waals surface area contributed by atoms with Gasteiger partial charge >= 0.3 is 6.09 Å². The molecule has 5 rings (SSSR count). The molecule has 8 nitrogen and oxygen atoms in total. The first-order valence-corrected chi connectivity index (χ1v) is 8.87. The van der Waals surface area contributed by atoms with Gasteiger partial charge in [-0.05, 0) is 18.2 Å². The lowest BCUT2D eigenvalue weighted by atomic mass is 9.78. The van der Waals surface area contributed by atoms with E-state index < -0.39 is 6.09 Å². The maximum atomic E-state index is 14.6. The summed E-state index contributed by atoms with van der Waals surface area (Å²) in [6, 6.07) is 6.56. The predicted octanol–water partition coefficient (Wildman–Crippen LogP) is 2.09. The zero-order valence-electron chi connectivity index (χ0n) is 14.6. The van der Waals surface area contributed by atoms with Crippen molar-refractivity contribution < 1.29 is 23.2 Å². The predicted molar refractivity (Wildman–Crippen MR) is 94.5 cm³/mol. The molecule has 2 aromatic rings. The summed E-state index contributed by atoms with van der Waals surface area (Å²) in [5.41, 5.74) is 1.27. The fraction of sp³-hybridized carbons (Fsp3) is 0.444. The Hall–Kier alpha value is -2.81. The maximum absolute atomic E-state index is 14.6. The number of benzene rings is 1. The highest BCUT2D eigenvalue weighted by Crippen LogP contribution is 2.41. The van der Waals surface area contributed by atoms with E-state index in [2.05, 4.69) is 10.5 Å². The molecular weight excluding hydrogens is 355 g/mol. The lowest BCUT2D eigenvalue weighted by molar-refractivity contribution is -0.127. The Morgan fingerprint density at radius 2 is 2.15 bits per heavy atom. The number of anilines is 3. The number of aromatic nitrogens is 1. The molecule has 0 radical (unpaired) electrons. The van der Waals surface area contributed by atoms with Gasteiger partial charge in [-0.25, -0.2) is 9.18 Å².